The number of fused-ring (bicyclic) bond motifs is 2. The van der Waals surface area contributed by atoms with Crippen molar-refractivity contribution in [1.82, 2.24) is 14.8 Å². The van der Waals surface area contributed by atoms with Gasteiger partial charge in [-0.1, -0.05) is 18.2 Å². The maximum atomic E-state index is 13.2. The largest absolute Gasteiger partial charge is 0.493 e. The molecule has 10 nitrogen and oxygen atoms in total. The van der Waals surface area contributed by atoms with Crippen LogP contribution in [0, 0.1) is 0 Å². The van der Waals surface area contributed by atoms with Gasteiger partial charge in [0.25, 0.3) is 5.91 Å². The lowest BCUT2D eigenvalue weighted by Crippen LogP contribution is -2.11. The van der Waals surface area contributed by atoms with Gasteiger partial charge in [0, 0.05) is 18.1 Å². The second-order valence-corrected chi connectivity index (χ2v) is 10.5. The first-order valence-corrected chi connectivity index (χ1v) is 14.7. The fraction of sp³-hybridized carbons (Fsp3) is 0.188. The van der Waals surface area contributed by atoms with Crippen LogP contribution in [0.1, 0.15) is 38.9 Å². The Kier molecular flexibility index (Phi) is 8.05. The van der Waals surface area contributed by atoms with Crippen molar-refractivity contribution in [2.24, 2.45) is 0 Å². The number of carbonyl (C=O) groups excluding carboxylic acids is 2. The smallest absolute Gasteiger partial charge is 0.341 e. The summed E-state index contributed by atoms with van der Waals surface area (Å²) >= 11 is 1.52. The molecule has 2 N–H and O–H groups in total. The molecule has 0 spiro atoms. The summed E-state index contributed by atoms with van der Waals surface area (Å²) in [6.45, 7) is 3.01. The lowest BCUT2D eigenvalue weighted by atomic mass is 10.0. The molecule has 0 atom stereocenters. The Morgan fingerprint density at radius 1 is 0.977 bits per heavy atom. The van der Waals surface area contributed by atoms with E-state index in [1.54, 1.807) is 30.4 Å². The van der Waals surface area contributed by atoms with Crippen LogP contribution in [0.4, 0.5) is 17.1 Å². The van der Waals surface area contributed by atoms with E-state index in [1.807, 2.05) is 60.0 Å². The van der Waals surface area contributed by atoms with E-state index in [-0.39, 0.29) is 11.9 Å². The number of hydrogen-bond donors (Lipinski definition) is 2. The maximum Gasteiger partial charge on any atom is 0.341 e. The Bertz CT molecular complexity index is 1780. The lowest BCUT2D eigenvalue weighted by Gasteiger charge is -2.14. The summed E-state index contributed by atoms with van der Waals surface area (Å²) in [5.41, 5.74) is 8.65. The summed E-state index contributed by atoms with van der Waals surface area (Å²) in [7, 11) is 1.61. The van der Waals surface area contributed by atoms with Gasteiger partial charge < -0.3 is 24.8 Å². The molecule has 218 valence electrons. The van der Waals surface area contributed by atoms with Gasteiger partial charge in [-0.05, 0) is 66.4 Å². The van der Waals surface area contributed by atoms with Crippen LogP contribution in [0.2, 0.25) is 0 Å². The van der Waals surface area contributed by atoms with Crippen LogP contribution in [0.3, 0.4) is 0 Å². The van der Waals surface area contributed by atoms with E-state index in [2.05, 4.69) is 20.7 Å². The van der Waals surface area contributed by atoms with Crippen molar-refractivity contribution in [2.75, 3.05) is 24.4 Å². The molecule has 43 heavy (non-hydrogen) atoms. The van der Waals surface area contributed by atoms with Gasteiger partial charge in [0.2, 0.25) is 0 Å². The Balaban J connectivity index is 1.18. The molecule has 5 aromatic rings. The highest BCUT2D eigenvalue weighted by molar-refractivity contribution is 7.07. The van der Waals surface area contributed by atoms with Crippen molar-refractivity contribution < 1.29 is 23.8 Å². The van der Waals surface area contributed by atoms with Gasteiger partial charge >= 0.3 is 5.97 Å². The van der Waals surface area contributed by atoms with Crippen molar-refractivity contribution in [3.05, 3.63) is 100 Å². The minimum atomic E-state index is -0.386. The van der Waals surface area contributed by atoms with Crippen LogP contribution in [0.15, 0.2) is 77.9 Å². The Hall–Kier alpha value is -5.16. The normalized spacial score (nSPS) is 11.9. The van der Waals surface area contributed by atoms with Gasteiger partial charge in [-0.25, -0.2) is 9.78 Å². The van der Waals surface area contributed by atoms with E-state index in [0.717, 1.165) is 28.1 Å². The van der Waals surface area contributed by atoms with Crippen molar-refractivity contribution in [3.8, 4) is 22.6 Å². The van der Waals surface area contributed by atoms with Crippen LogP contribution < -0.4 is 20.1 Å². The molecule has 11 heteroatoms. The molecule has 0 bridgehead atoms. The summed E-state index contributed by atoms with van der Waals surface area (Å²) in [6.07, 6.45) is 3.85. The first-order valence-electron chi connectivity index (χ1n) is 13.7. The molecule has 0 unspecified atom stereocenters. The quantitative estimate of drug-likeness (QED) is 0.180. The van der Waals surface area contributed by atoms with E-state index < -0.39 is 0 Å². The molecule has 3 aromatic carbocycles. The fourth-order valence-electron chi connectivity index (χ4n) is 4.80. The van der Waals surface area contributed by atoms with Crippen LogP contribution >= 0.6 is 11.3 Å². The number of methoxy groups -OCH3 is 1. The lowest BCUT2D eigenvalue weighted by molar-refractivity contribution is 0.0526. The summed E-state index contributed by atoms with van der Waals surface area (Å²) in [6, 6.07) is 17.4. The Morgan fingerprint density at radius 2 is 1.84 bits per heavy atom. The predicted octanol–water partition coefficient (Wildman–Crippen LogP) is 6.32. The minimum absolute atomic E-state index is 0.195. The number of aromatic nitrogens is 3. The van der Waals surface area contributed by atoms with Crippen molar-refractivity contribution in [1.29, 1.82) is 0 Å². The average Bonchev–Trinajstić information content (AvgIpc) is 3.70. The van der Waals surface area contributed by atoms with Gasteiger partial charge in [0.15, 0.2) is 11.5 Å². The summed E-state index contributed by atoms with van der Waals surface area (Å²) in [5.74, 6) is 0.657. The number of nitrogens with zero attached hydrogens (tertiary/aromatic N) is 3. The van der Waals surface area contributed by atoms with Gasteiger partial charge in [0.1, 0.15) is 6.61 Å². The van der Waals surface area contributed by atoms with Gasteiger partial charge in [-0.2, -0.15) is 5.10 Å². The van der Waals surface area contributed by atoms with E-state index in [1.165, 1.54) is 17.5 Å². The van der Waals surface area contributed by atoms with Crippen LogP contribution in [-0.4, -0.2) is 40.4 Å². The number of benzene rings is 3. The molecular formula is C32H29N5O5S. The molecule has 3 heterocycles. The molecule has 1 aliphatic rings. The zero-order valence-electron chi connectivity index (χ0n) is 23.6. The van der Waals surface area contributed by atoms with Gasteiger partial charge in [-0.3, -0.25) is 9.48 Å². The summed E-state index contributed by atoms with van der Waals surface area (Å²) < 4.78 is 18.3. The zero-order valence-corrected chi connectivity index (χ0v) is 24.4. The highest BCUT2D eigenvalue weighted by Crippen LogP contribution is 2.37. The molecule has 0 fully saturated rings. The molecule has 0 radical (unpaired) electrons. The van der Waals surface area contributed by atoms with Crippen LogP contribution in [-0.2, 0) is 24.3 Å². The molecule has 1 aliphatic heterocycles. The fourth-order valence-corrected chi connectivity index (χ4v) is 5.34. The predicted molar refractivity (Wildman–Crippen MR) is 164 cm³/mol. The third-order valence-electron chi connectivity index (χ3n) is 7.00. The zero-order chi connectivity index (χ0) is 29.8. The van der Waals surface area contributed by atoms with E-state index in [4.69, 9.17) is 14.2 Å². The number of ether oxygens (including phenoxy) is 3. The molecule has 1 amide bonds. The molecule has 6 rings (SSSR count). The number of nitrogens with one attached hydrogen (secondary N) is 2. The van der Waals surface area contributed by atoms with Gasteiger partial charge in [0.05, 0.1) is 59.3 Å². The van der Waals surface area contributed by atoms with Gasteiger partial charge in [-0.15, -0.1) is 11.3 Å². The highest BCUT2D eigenvalue weighted by atomic mass is 32.1. The summed E-state index contributed by atoms with van der Waals surface area (Å²) in [5, 5.41) is 12.7. The van der Waals surface area contributed by atoms with Crippen molar-refractivity contribution >= 4 is 40.3 Å². The third kappa shape index (κ3) is 6.21. The van der Waals surface area contributed by atoms with E-state index in [9.17, 15) is 9.59 Å². The number of carbonyl (C=O) groups is 2. The van der Waals surface area contributed by atoms with Crippen LogP contribution in [0.5, 0.6) is 11.5 Å². The van der Waals surface area contributed by atoms with E-state index >= 15 is 0 Å². The second kappa shape index (κ2) is 12.4. The SMILES string of the molecule is CCOC(=O)c1cnn(CCc2ccc3c(c2)NC(=O)c2ccc(-c4ccc(OCc5cscn5)c(OC)c4)cc2N3)c1. The average molecular weight is 596 g/mol. The minimum Gasteiger partial charge on any atom is -0.493 e. The van der Waals surface area contributed by atoms with E-state index in [0.29, 0.717) is 60.2 Å². The number of anilines is 3. The van der Waals surface area contributed by atoms with Crippen molar-refractivity contribution in [2.45, 2.75) is 26.5 Å². The molecule has 0 saturated carbocycles. The standard InChI is InChI=1S/C32H29N5O5S/c1-3-41-32(39)23-15-34-37(16-23)11-10-20-4-8-26-28(12-20)36-31(38)25-7-5-21(13-27(25)35-26)22-6-9-29(30(14-22)40-2)42-17-24-18-43-19-33-24/h4-9,12-16,18-19,35H,3,10-11,17H2,1-2H3,(H,36,38). The topological polar surface area (TPSA) is 117 Å². The molecule has 0 aliphatic carbocycles. The maximum absolute atomic E-state index is 13.2. The number of rotatable bonds is 10. The highest BCUT2D eigenvalue weighted by Gasteiger charge is 2.20. The number of hydrogen-bond acceptors (Lipinski definition) is 9. The van der Waals surface area contributed by atoms with Crippen LogP contribution in [0.25, 0.3) is 11.1 Å². The number of thiazole rings is 1. The number of aryl methyl sites for hydroxylation is 2. The monoisotopic (exact) mass is 595 g/mol. The molecule has 0 saturated heterocycles. The molecular weight excluding hydrogens is 566 g/mol. The number of esters is 1. The number of amides is 1. The first-order chi connectivity index (χ1) is 21.0. The third-order valence-corrected chi connectivity index (χ3v) is 7.63. The second-order valence-electron chi connectivity index (χ2n) is 9.82. The Labute approximate surface area is 252 Å². The van der Waals surface area contributed by atoms with Crippen molar-refractivity contribution in [3.63, 3.8) is 0 Å². The first kappa shape index (κ1) is 28.0. The molecule has 2 aromatic heterocycles. The summed E-state index contributed by atoms with van der Waals surface area (Å²) in [4.78, 5) is 29.4. The Morgan fingerprint density at radius 3 is 2.65 bits per heavy atom.